The number of hydrogen-bond acceptors (Lipinski definition) is 3. The molecule has 0 spiro atoms. The molecule has 0 atom stereocenters. The van der Waals surface area contributed by atoms with Gasteiger partial charge in [0.25, 0.3) is 5.91 Å². The van der Waals surface area contributed by atoms with Gasteiger partial charge in [0, 0.05) is 30.0 Å². The third-order valence-electron chi connectivity index (χ3n) is 3.69. The predicted molar refractivity (Wildman–Crippen MR) is 84.4 cm³/mol. The maximum Gasteiger partial charge on any atom is 0.255 e. The van der Waals surface area contributed by atoms with Crippen LogP contribution in [0.25, 0.3) is 10.9 Å². The van der Waals surface area contributed by atoms with Gasteiger partial charge >= 0.3 is 0 Å². The number of pyridine rings is 1. The Bertz CT molecular complexity index is 663. The maximum atomic E-state index is 12.6. The summed E-state index contributed by atoms with van der Waals surface area (Å²) in [5, 5.41) is 1.05. The Hall–Kier alpha value is -1.55. The Morgan fingerprint density at radius 1 is 1.20 bits per heavy atom. The molecule has 1 aliphatic rings. The second kappa shape index (κ2) is 5.44. The van der Waals surface area contributed by atoms with Crippen molar-refractivity contribution in [1.82, 2.24) is 9.88 Å². The van der Waals surface area contributed by atoms with Gasteiger partial charge in [0.1, 0.15) is 0 Å². The first-order valence-electron chi connectivity index (χ1n) is 6.90. The van der Waals surface area contributed by atoms with Crippen molar-refractivity contribution in [3.8, 4) is 0 Å². The number of rotatable bonds is 1. The second-order valence-electron chi connectivity index (χ2n) is 5.22. The minimum absolute atomic E-state index is 0.124. The SMILES string of the molecule is Cc1ccc2nc(C)c(C(=O)N3CCSCC3)cc2c1. The highest BCUT2D eigenvalue weighted by atomic mass is 32.2. The fraction of sp³-hybridized carbons (Fsp3) is 0.375. The molecule has 1 amide bonds. The van der Waals surface area contributed by atoms with Crippen LogP contribution in [0.4, 0.5) is 0 Å². The summed E-state index contributed by atoms with van der Waals surface area (Å²) in [6, 6.07) is 8.15. The van der Waals surface area contributed by atoms with Crippen LogP contribution in [0, 0.1) is 13.8 Å². The zero-order valence-electron chi connectivity index (χ0n) is 11.8. The van der Waals surface area contributed by atoms with E-state index in [9.17, 15) is 4.79 Å². The van der Waals surface area contributed by atoms with Gasteiger partial charge < -0.3 is 4.90 Å². The van der Waals surface area contributed by atoms with Crippen molar-refractivity contribution in [3.63, 3.8) is 0 Å². The largest absolute Gasteiger partial charge is 0.337 e. The first-order valence-corrected chi connectivity index (χ1v) is 8.05. The lowest BCUT2D eigenvalue weighted by molar-refractivity contribution is 0.0771. The van der Waals surface area contributed by atoms with Crippen LogP contribution in [0.3, 0.4) is 0 Å². The number of hydrogen-bond donors (Lipinski definition) is 0. The molecule has 4 heteroatoms. The fourth-order valence-corrected chi connectivity index (χ4v) is 3.45. The highest BCUT2D eigenvalue weighted by Gasteiger charge is 2.20. The summed E-state index contributed by atoms with van der Waals surface area (Å²) in [6.07, 6.45) is 0. The number of carbonyl (C=O) groups is 1. The molecule has 2 aromatic rings. The molecule has 0 aliphatic carbocycles. The molecule has 104 valence electrons. The molecule has 1 aliphatic heterocycles. The zero-order chi connectivity index (χ0) is 14.1. The lowest BCUT2D eigenvalue weighted by atomic mass is 10.1. The Morgan fingerprint density at radius 2 is 1.95 bits per heavy atom. The molecule has 0 saturated carbocycles. The maximum absolute atomic E-state index is 12.6. The van der Waals surface area contributed by atoms with Crippen molar-refractivity contribution in [2.45, 2.75) is 13.8 Å². The van der Waals surface area contributed by atoms with E-state index in [2.05, 4.69) is 24.0 Å². The summed E-state index contributed by atoms with van der Waals surface area (Å²) in [5.41, 5.74) is 3.72. The Labute approximate surface area is 123 Å². The van der Waals surface area contributed by atoms with E-state index in [0.29, 0.717) is 0 Å². The number of nitrogens with zero attached hydrogens (tertiary/aromatic N) is 2. The van der Waals surface area contributed by atoms with Crippen LogP contribution in [-0.2, 0) is 0 Å². The van der Waals surface area contributed by atoms with E-state index in [0.717, 1.165) is 46.8 Å². The van der Waals surface area contributed by atoms with Gasteiger partial charge in [-0.3, -0.25) is 9.78 Å². The average Bonchev–Trinajstić information content (AvgIpc) is 2.47. The van der Waals surface area contributed by atoms with Crippen molar-refractivity contribution >= 4 is 28.6 Å². The number of aryl methyl sites for hydroxylation is 2. The molecule has 2 heterocycles. The summed E-state index contributed by atoms with van der Waals surface area (Å²) in [6.45, 7) is 5.66. The van der Waals surface area contributed by atoms with E-state index in [-0.39, 0.29) is 5.91 Å². The van der Waals surface area contributed by atoms with E-state index in [1.165, 1.54) is 5.56 Å². The van der Waals surface area contributed by atoms with Gasteiger partial charge in [-0.2, -0.15) is 11.8 Å². The monoisotopic (exact) mass is 286 g/mol. The number of carbonyl (C=O) groups excluding carboxylic acids is 1. The Kier molecular flexibility index (Phi) is 3.66. The van der Waals surface area contributed by atoms with Crippen LogP contribution in [0.5, 0.6) is 0 Å². The summed E-state index contributed by atoms with van der Waals surface area (Å²) >= 11 is 1.91. The van der Waals surface area contributed by atoms with Crippen molar-refractivity contribution in [1.29, 1.82) is 0 Å². The molecule has 1 aromatic carbocycles. The quantitative estimate of drug-likeness (QED) is 0.808. The van der Waals surface area contributed by atoms with Crippen molar-refractivity contribution in [3.05, 3.63) is 41.1 Å². The van der Waals surface area contributed by atoms with Crippen LogP contribution in [0.15, 0.2) is 24.3 Å². The first kappa shape index (κ1) is 13.4. The van der Waals surface area contributed by atoms with Crippen LogP contribution < -0.4 is 0 Å². The molecule has 3 rings (SSSR count). The molecule has 1 fully saturated rings. The van der Waals surface area contributed by atoms with E-state index >= 15 is 0 Å². The second-order valence-corrected chi connectivity index (χ2v) is 6.45. The lowest BCUT2D eigenvalue weighted by Gasteiger charge is -2.27. The standard InChI is InChI=1S/C16H18N2OS/c1-11-3-4-15-13(9-11)10-14(12(2)17-15)16(19)18-5-7-20-8-6-18/h3-4,9-10H,5-8H2,1-2H3. The van der Waals surface area contributed by atoms with Gasteiger partial charge in [-0.15, -0.1) is 0 Å². The normalized spacial score (nSPS) is 15.6. The minimum atomic E-state index is 0.124. The Morgan fingerprint density at radius 3 is 2.70 bits per heavy atom. The fourth-order valence-electron chi connectivity index (χ4n) is 2.55. The molecule has 20 heavy (non-hydrogen) atoms. The van der Waals surface area contributed by atoms with Crippen LogP contribution in [0.1, 0.15) is 21.6 Å². The van der Waals surface area contributed by atoms with Gasteiger partial charge in [0.05, 0.1) is 16.8 Å². The van der Waals surface area contributed by atoms with E-state index in [1.807, 2.05) is 35.7 Å². The summed E-state index contributed by atoms with van der Waals surface area (Å²) in [5.74, 6) is 2.19. The number of benzene rings is 1. The smallest absolute Gasteiger partial charge is 0.255 e. The predicted octanol–water partition coefficient (Wildman–Crippen LogP) is 3.04. The van der Waals surface area contributed by atoms with Gasteiger partial charge in [-0.05, 0) is 32.0 Å². The molecular formula is C16H18N2OS. The van der Waals surface area contributed by atoms with Crippen LogP contribution in [-0.4, -0.2) is 40.4 Å². The first-order chi connectivity index (χ1) is 9.65. The molecule has 1 saturated heterocycles. The van der Waals surface area contributed by atoms with Crippen LogP contribution >= 0.6 is 11.8 Å². The lowest BCUT2D eigenvalue weighted by Crippen LogP contribution is -2.38. The highest BCUT2D eigenvalue weighted by molar-refractivity contribution is 7.99. The van der Waals surface area contributed by atoms with Gasteiger partial charge in [0.15, 0.2) is 0 Å². The average molecular weight is 286 g/mol. The Balaban J connectivity index is 2.01. The third-order valence-corrected chi connectivity index (χ3v) is 4.63. The molecule has 0 unspecified atom stereocenters. The van der Waals surface area contributed by atoms with Crippen molar-refractivity contribution < 1.29 is 4.79 Å². The molecule has 0 radical (unpaired) electrons. The summed E-state index contributed by atoms with van der Waals surface area (Å²) < 4.78 is 0. The van der Waals surface area contributed by atoms with Crippen LogP contribution in [0.2, 0.25) is 0 Å². The van der Waals surface area contributed by atoms with E-state index in [4.69, 9.17) is 0 Å². The molecule has 3 nitrogen and oxygen atoms in total. The number of thioether (sulfide) groups is 1. The van der Waals surface area contributed by atoms with Gasteiger partial charge in [-0.1, -0.05) is 11.6 Å². The third kappa shape index (κ3) is 2.52. The number of aromatic nitrogens is 1. The molecular weight excluding hydrogens is 268 g/mol. The molecule has 1 aromatic heterocycles. The van der Waals surface area contributed by atoms with E-state index in [1.54, 1.807) is 0 Å². The van der Waals surface area contributed by atoms with Crippen molar-refractivity contribution in [2.24, 2.45) is 0 Å². The number of fused-ring (bicyclic) bond motifs is 1. The van der Waals surface area contributed by atoms with E-state index < -0.39 is 0 Å². The topological polar surface area (TPSA) is 33.2 Å². The summed E-state index contributed by atoms with van der Waals surface area (Å²) in [4.78, 5) is 19.2. The zero-order valence-corrected chi connectivity index (χ0v) is 12.7. The minimum Gasteiger partial charge on any atom is -0.337 e. The van der Waals surface area contributed by atoms with Gasteiger partial charge in [-0.25, -0.2) is 0 Å². The summed E-state index contributed by atoms with van der Waals surface area (Å²) in [7, 11) is 0. The number of amides is 1. The van der Waals surface area contributed by atoms with Crippen molar-refractivity contribution in [2.75, 3.05) is 24.6 Å². The van der Waals surface area contributed by atoms with Gasteiger partial charge in [0.2, 0.25) is 0 Å². The molecule has 0 bridgehead atoms. The highest BCUT2D eigenvalue weighted by Crippen LogP contribution is 2.20. The molecule has 0 N–H and O–H groups in total.